The van der Waals surface area contributed by atoms with Crippen molar-refractivity contribution in [3.63, 3.8) is 0 Å². The maximum atomic E-state index is 13.3. The van der Waals surface area contributed by atoms with Crippen molar-refractivity contribution in [3.05, 3.63) is 81.9 Å². The Bertz CT molecular complexity index is 1170. The number of nitrogens with zero attached hydrogens (tertiary/aromatic N) is 1. The molecule has 0 spiro atoms. The smallest absolute Gasteiger partial charge is 0.229 e. The van der Waals surface area contributed by atoms with Crippen LogP contribution in [0.4, 0.5) is 0 Å². The highest BCUT2D eigenvalue weighted by Gasteiger charge is 2.44. The van der Waals surface area contributed by atoms with Crippen LogP contribution in [0.3, 0.4) is 0 Å². The number of rotatable bonds is 3. The number of methoxy groups -OCH3 is 2. The number of allylic oxidation sites excluding steroid dienone is 3. The summed E-state index contributed by atoms with van der Waals surface area (Å²) in [5, 5.41) is 9.74. The zero-order valence-electron chi connectivity index (χ0n) is 15.7. The van der Waals surface area contributed by atoms with E-state index in [1.807, 2.05) is 6.07 Å². The third-order valence-corrected chi connectivity index (χ3v) is 5.04. The van der Waals surface area contributed by atoms with E-state index in [0.29, 0.717) is 17.1 Å². The lowest BCUT2D eigenvalue weighted by Crippen LogP contribution is -2.32. The van der Waals surface area contributed by atoms with Crippen LogP contribution in [0.15, 0.2) is 65.3 Å². The molecule has 0 saturated heterocycles. The summed E-state index contributed by atoms with van der Waals surface area (Å²) in [4.78, 5) is 26.4. The normalized spacial score (nSPS) is 17.9. The molecule has 0 fully saturated rings. The van der Waals surface area contributed by atoms with Crippen LogP contribution in [0.1, 0.15) is 32.2 Å². The van der Waals surface area contributed by atoms with Crippen LogP contribution in [0.2, 0.25) is 0 Å². The van der Waals surface area contributed by atoms with Crippen LogP contribution in [0, 0.1) is 11.3 Å². The number of hydrogen-bond acceptors (Lipinski definition) is 7. The molecule has 144 valence electrons. The van der Waals surface area contributed by atoms with Crippen molar-refractivity contribution in [1.82, 2.24) is 0 Å². The summed E-state index contributed by atoms with van der Waals surface area (Å²) in [6, 6.07) is 13.5. The van der Waals surface area contributed by atoms with E-state index in [4.69, 9.17) is 19.9 Å². The third-order valence-electron chi connectivity index (χ3n) is 5.04. The largest absolute Gasteiger partial charge is 0.497 e. The number of ketones is 2. The van der Waals surface area contributed by atoms with Gasteiger partial charge in [-0.3, -0.25) is 9.59 Å². The molecule has 2 aliphatic rings. The number of nitriles is 1. The molecule has 1 heterocycles. The van der Waals surface area contributed by atoms with Gasteiger partial charge < -0.3 is 19.9 Å². The van der Waals surface area contributed by atoms with Gasteiger partial charge >= 0.3 is 0 Å². The molecule has 29 heavy (non-hydrogen) atoms. The van der Waals surface area contributed by atoms with Crippen LogP contribution in [-0.4, -0.2) is 25.8 Å². The van der Waals surface area contributed by atoms with Crippen molar-refractivity contribution < 1.29 is 23.8 Å². The zero-order valence-corrected chi connectivity index (χ0v) is 15.7. The fraction of sp³-hybridized carbons (Fsp3) is 0.136. The summed E-state index contributed by atoms with van der Waals surface area (Å²) in [5.41, 5.74) is 7.08. The van der Waals surface area contributed by atoms with E-state index in [2.05, 4.69) is 0 Å². The molecule has 4 rings (SSSR count). The van der Waals surface area contributed by atoms with Crippen LogP contribution >= 0.6 is 0 Å². The molecule has 1 aliphatic heterocycles. The van der Waals surface area contributed by atoms with Crippen LogP contribution in [0.25, 0.3) is 0 Å². The first-order valence-corrected chi connectivity index (χ1v) is 8.73. The van der Waals surface area contributed by atoms with Gasteiger partial charge in [-0.25, -0.2) is 0 Å². The molecule has 0 amide bonds. The standard InChI is InChI=1S/C22H16N2O5/c1-27-11-7-8-14(16(9-11)28-2)17-15(10-23)22(24)29-21-18(17)19(25)12-5-3-4-6-13(12)20(21)26/h3-9,17H,24H2,1-2H3/t17-/m1/s1. The minimum atomic E-state index is -0.908. The summed E-state index contributed by atoms with van der Waals surface area (Å²) in [5.74, 6) is -1.19. The fourth-order valence-electron chi connectivity index (χ4n) is 3.67. The van der Waals surface area contributed by atoms with Crippen LogP contribution in [0.5, 0.6) is 11.5 Å². The van der Waals surface area contributed by atoms with Gasteiger partial charge in [-0.15, -0.1) is 0 Å². The van der Waals surface area contributed by atoms with Gasteiger partial charge in [-0.1, -0.05) is 30.3 Å². The van der Waals surface area contributed by atoms with Crippen molar-refractivity contribution in [3.8, 4) is 17.6 Å². The van der Waals surface area contributed by atoms with Gasteiger partial charge in [0.15, 0.2) is 11.5 Å². The van der Waals surface area contributed by atoms with E-state index in [1.165, 1.54) is 14.2 Å². The average Bonchev–Trinajstić information content (AvgIpc) is 2.76. The predicted octanol–water partition coefficient (Wildman–Crippen LogP) is 2.84. The topological polar surface area (TPSA) is 112 Å². The Morgan fingerprint density at radius 2 is 1.72 bits per heavy atom. The minimum absolute atomic E-state index is 0.0350. The summed E-state index contributed by atoms with van der Waals surface area (Å²) < 4.78 is 16.2. The minimum Gasteiger partial charge on any atom is -0.497 e. The van der Waals surface area contributed by atoms with Crippen molar-refractivity contribution in [2.45, 2.75) is 5.92 Å². The molecule has 2 N–H and O–H groups in total. The Morgan fingerprint density at radius 3 is 2.34 bits per heavy atom. The molecule has 2 aromatic carbocycles. The number of Topliss-reactive ketones (excluding diaryl/α,β-unsaturated/α-hetero) is 2. The lowest BCUT2D eigenvalue weighted by molar-refractivity contribution is 0.0897. The number of ether oxygens (including phenoxy) is 3. The molecule has 1 aliphatic carbocycles. The molecule has 2 aromatic rings. The van der Waals surface area contributed by atoms with E-state index < -0.39 is 17.5 Å². The highest BCUT2D eigenvalue weighted by molar-refractivity contribution is 6.27. The van der Waals surface area contributed by atoms with Gasteiger partial charge in [0.05, 0.1) is 25.7 Å². The first-order chi connectivity index (χ1) is 14.0. The SMILES string of the molecule is COc1ccc([C@@H]2C(C#N)=C(N)OC3=C2C(=O)c2ccccc2C3=O)c(OC)c1. The predicted molar refractivity (Wildman–Crippen MR) is 102 cm³/mol. The Balaban J connectivity index is 1.99. The van der Waals surface area contributed by atoms with E-state index >= 15 is 0 Å². The van der Waals surface area contributed by atoms with Gasteiger partial charge in [0.1, 0.15) is 23.1 Å². The number of carbonyl (C=O) groups excluding carboxylic acids is 2. The Kier molecular flexibility index (Phi) is 4.32. The van der Waals surface area contributed by atoms with E-state index in [9.17, 15) is 14.9 Å². The summed E-state index contributed by atoms with van der Waals surface area (Å²) >= 11 is 0. The number of fused-ring (bicyclic) bond motifs is 1. The lowest BCUT2D eigenvalue weighted by Gasteiger charge is -2.31. The molecular weight excluding hydrogens is 372 g/mol. The second kappa shape index (κ2) is 6.84. The van der Waals surface area contributed by atoms with Crippen LogP contribution in [-0.2, 0) is 4.74 Å². The van der Waals surface area contributed by atoms with Gasteiger partial charge in [0.25, 0.3) is 0 Å². The van der Waals surface area contributed by atoms with Gasteiger partial charge in [0, 0.05) is 22.8 Å². The quantitative estimate of drug-likeness (QED) is 0.860. The van der Waals surface area contributed by atoms with Crippen molar-refractivity contribution in [2.24, 2.45) is 5.73 Å². The molecule has 0 unspecified atom stereocenters. The van der Waals surface area contributed by atoms with E-state index in [1.54, 1.807) is 42.5 Å². The summed E-state index contributed by atoms with van der Waals surface area (Å²) in [7, 11) is 2.98. The summed E-state index contributed by atoms with van der Waals surface area (Å²) in [6.45, 7) is 0. The maximum absolute atomic E-state index is 13.3. The van der Waals surface area contributed by atoms with Gasteiger partial charge in [0.2, 0.25) is 11.7 Å². The second-order valence-corrected chi connectivity index (χ2v) is 6.48. The zero-order chi connectivity index (χ0) is 20.7. The molecule has 1 atom stereocenters. The number of carbonyl (C=O) groups is 2. The number of hydrogen-bond donors (Lipinski definition) is 1. The van der Waals surface area contributed by atoms with Crippen LogP contribution < -0.4 is 15.2 Å². The Morgan fingerprint density at radius 1 is 1.03 bits per heavy atom. The first kappa shape index (κ1) is 18.3. The molecule has 7 heteroatoms. The fourth-order valence-corrected chi connectivity index (χ4v) is 3.67. The number of nitrogens with two attached hydrogens (primary N) is 1. The van der Waals surface area contributed by atoms with Gasteiger partial charge in [-0.05, 0) is 6.07 Å². The second-order valence-electron chi connectivity index (χ2n) is 6.48. The highest BCUT2D eigenvalue weighted by Crippen LogP contribution is 2.46. The molecule has 0 saturated carbocycles. The Hall–Kier alpha value is -4.05. The molecular formula is C22H16N2O5. The molecule has 0 bridgehead atoms. The summed E-state index contributed by atoms with van der Waals surface area (Å²) in [6.07, 6.45) is 0. The van der Waals surface area contributed by atoms with Crippen molar-refractivity contribution in [1.29, 1.82) is 5.26 Å². The Labute approximate surface area is 166 Å². The third kappa shape index (κ3) is 2.65. The molecule has 0 radical (unpaired) electrons. The first-order valence-electron chi connectivity index (χ1n) is 8.73. The monoisotopic (exact) mass is 388 g/mol. The van der Waals surface area contributed by atoms with Gasteiger partial charge in [-0.2, -0.15) is 5.26 Å². The van der Waals surface area contributed by atoms with E-state index in [-0.39, 0.29) is 33.9 Å². The number of benzene rings is 2. The molecule has 7 nitrogen and oxygen atoms in total. The van der Waals surface area contributed by atoms with Crippen molar-refractivity contribution >= 4 is 11.6 Å². The van der Waals surface area contributed by atoms with Crippen molar-refractivity contribution in [2.75, 3.05) is 14.2 Å². The molecule has 0 aromatic heterocycles. The van der Waals surface area contributed by atoms with E-state index in [0.717, 1.165) is 0 Å². The highest BCUT2D eigenvalue weighted by atomic mass is 16.5. The average molecular weight is 388 g/mol. The maximum Gasteiger partial charge on any atom is 0.229 e. The lowest BCUT2D eigenvalue weighted by atomic mass is 9.75.